The Morgan fingerprint density at radius 2 is 1.84 bits per heavy atom. The summed E-state index contributed by atoms with van der Waals surface area (Å²) in [5, 5.41) is 0. The average Bonchev–Trinajstić information content (AvgIpc) is 2.79. The zero-order valence-electron chi connectivity index (χ0n) is 17.7. The highest BCUT2D eigenvalue weighted by Gasteiger charge is 2.18. The van der Waals surface area contributed by atoms with Gasteiger partial charge in [-0.2, -0.15) is 4.39 Å². The molecule has 5 nitrogen and oxygen atoms in total. The zero-order chi connectivity index (χ0) is 22.5. The van der Waals surface area contributed by atoms with Crippen molar-refractivity contribution in [3.8, 4) is 11.1 Å². The van der Waals surface area contributed by atoms with Crippen molar-refractivity contribution in [2.24, 2.45) is 0 Å². The van der Waals surface area contributed by atoms with E-state index in [0.717, 1.165) is 0 Å². The largest absolute Gasteiger partial charge is 0.313 e. The maximum absolute atomic E-state index is 14.9. The van der Waals surface area contributed by atoms with E-state index in [1.807, 2.05) is 0 Å². The second-order valence-corrected chi connectivity index (χ2v) is 7.19. The van der Waals surface area contributed by atoms with Gasteiger partial charge in [-0.15, -0.1) is 0 Å². The first-order valence-electron chi connectivity index (χ1n) is 9.98. The van der Waals surface area contributed by atoms with Crippen molar-refractivity contribution in [3.63, 3.8) is 0 Å². The van der Waals surface area contributed by atoms with Crippen LogP contribution in [0.25, 0.3) is 11.1 Å². The minimum atomic E-state index is -0.578. The molecule has 160 valence electrons. The third kappa shape index (κ3) is 4.82. The van der Waals surface area contributed by atoms with Crippen molar-refractivity contribution in [2.45, 2.75) is 33.1 Å². The minimum Gasteiger partial charge on any atom is -0.313 e. The van der Waals surface area contributed by atoms with Crippen LogP contribution in [-0.4, -0.2) is 28.7 Å². The molecule has 0 saturated heterocycles. The van der Waals surface area contributed by atoms with E-state index in [0.29, 0.717) is 22.3 Å². The highest BCUT2D eigenvalue weighted by Crippen LogP contribution is 2.31. The Labute approximate surface area is 179 Å². The lowest BCUT2D eigenvalue weighted by molar-refractivity contribution is -0.118. The van der Waals surface area contributed by atoms with Gasteiger partial charge in [-0.25, -0.2) is 9.37 Å². The van der Waals surface area contributed by atoms with Gasteiger partial charge in [0.15, 0.2) is 5.78 Å². The van der Waals surface area contributed by atoms with Crippen LogP contribution >= 0.6 is 0 Å². The second-order valence-electron chi connectivity index (χ2n) is 7.19. The molecule has 2 heterocycles. The van der Waals surface area contributed by atoms with E-state index >= 15 is 0 Å². The van der Waals surface area contributed by atoms with E-state index in [2.05, 4.69) is 9.97 Å². The molecule has 3 rings (SSSR count). The van der Waals surface area contributed by atoms with Crippen molar-refractivity contribution in [1.29, 1.82) is 0 Å². The number of ketones is 1. The van der Waals surface area contributed by atoms with Crippen molar-refractivity contribution in [1.82, 2.24) is 9.97 Å². The number of aromatic nitrogens is 2. The van der Waals surface area contributed by atoms with E-state index in [4.69, 9.17) is 0 Å². The third-order valence-corrected chi connectivity index (χ3v) is 5.22. The molecule has 0 aliphatic rings. The van der Waals surface area contributed by atoms with Crippen molar-refractivity contribution < 1.29 is 18.4 Å². The third-order valence-electron chi connectivity index (χ3n) is 5.22. The molecule has 0 radical (unpaired) electrons. The summed E-state index contributed by atoms with van der Waals surface area (Å²) in [6.45, 7) is 3.36. The van der Waals surface area contributed by atoms with E-state index in [9.17, 15) is 18.4 Å². The molecule has 0 aliphatic heterocycles. The Bertz CT molecular complexity index is 1110. The molecular weight excluding hydrogens is 400 g/mol. The predicted molar refractivity (Wildman–Crippen MR) is 115 cm³/mol. The molecule has 3 aromatic rings. The van der Waals surface area contributed by atoms with Gasteiger partial charge in [0, 0.05) is 43.4 Å². The van der Waals surface area contributed by atoms with Gasteiger partial charge in [0.05, 0.1) is 5.69 Å². The summed E-state index contributed by atoms with van der Waals surface area (Å²) in [6.07, 6.45) is 3.49. The van der Waals surface area contributed by atoms with Crippen LogP contribution in [0.4, 0.5) is 14.5 Å². The number of amides is 1. The molecule has 0 bridgehead atoms. The van der Waals surface area contributed by atoms with E-state index in [-0.39, 0.29) is 42.3 Å². The fourth-order valence-electron chi connectivity index (χ4n) is 3.31. The number of hydrogen-bond acceptors (Lipinski definition) is 4. The molecular formula is C24H23F2N3O2. The van der Waals surface area contributed by atoms with Crippen LogP contribution in [0.5, 0.6) is 0 Å². The Morgan fingerprint density at radius 3 is 2.48 bits per heavy atom. The van der Waals surface area contributed by atoms with Gasteiger partial charge in [0.1, 0.15) is 11.5 Å². The van der Waals surface area contributed by atoms with Crippen molar-refractivity contribution >= 4 is 17.4 Å². The molecule has 7 heteroatoms. The number of halogens is 2. The summed E-state index contributed by atoms with van der Waals surface area (Å²) in [6, 6.07) is 9.79. The molecule has 1 aromatic carbocycles. The quantitative estimate of drug-likeness (QED) is 0.400. The molecule has 0 atom stereocenters. The first-order chi connectivity index (χ1) is 14.8. The SMILES string of the molecule is CCC(=O)N(C)c1ccc(-c2ccc(C(=O)CCc3cccnc3F)nc2)c(C)c1F. The highest BCUT2D eigenvalue weighted by molar-refractivity contribution is 5.95. The van der Waals surface area contributed by atoms with Crippen LogP contribution in [0.1, 0.15) is 41.4 Å². The van der Waals surface area contributed by atoms with Gasteiger partial charge < -0.3 is 4.90 Å². The summed E-state index contributed by atoms with van der Waals surface area (Å²) in [5.41, 5.74) is 2.53. The van der Waals surface area contributed by atoms with Crippen LogP contribution < -0.4 is 4.90 Å². The fourth-order valence-corrected chi connectivity index (χ4v) is 3.31. The number of anilines is 1. The molecule has 31 heavy (non-hydrogen) atoms. The molecule has 0 fully saturated rings. The number of aryl methyl sites for hydroxylation is 1. The minimum absolute atomic E-state index is 0.106. The summed E-state index contributed by atoms with van der Waals surface area (Å²) in [5.74, 6) is -1.44. The lowest BCUT2D eigenvalue weighted by atomic mass is 9.99. The highest BCUT2D eigenvalue weighted by atomic mass is 19.1. The summed E-state index contributed by atoms with van der Waals surface area (Å²) in [4.78, 5) is 33.4. The summed E-state index contributed by atoms with van der Waals surface area (Å²) >= 11 is 0. The van der Waals surface area contributed by atoms with Gasteiger partial charge in [-0.05, 0) is 42.7 Å². The first-order valence-corrected chi connectivity index (χ1v) is 9.98. The van der Waals surface area contributed by atoms with Gasteiger partial charge in [-0.3, -0.25) is 14.6 Å². The first kappa shape index (κ1) is 22.2. The van der Waals surface area contributed by atoms with E-state index in [1.165, 1.54) is 17.3 Å². The van der Waals surface area contributed by atoms with Crippen LogP contribution in [0.3, 0.4) is 0 Å². The van der Waals surface area contributed by atoms with E-state index < -0.39 is 11.8 Å². The lowest BCUT2D eigenvalue weighted by Crippen LogP contribution is -2.26. The van der Waals surface area contributed by atoms with Gasteiger partial charge in [0.25, 0.3) is 0 Å². The smallest absolute Gasteiger partial charge is 0.226 e. The lowest BCUT2D eigenvalue weighted by Gasteiger charge is -2.19. The Morgan fingerprint density at radius 1 is 1.06 bits per heavy atom. The molecule has 1 amide bonds. The number of pyridine rings is 2. The van der Waals surface area contributed by atoms with Crippen LogP contribution in [-0.2, 0) is 11.2 Å². The molecule has 0 saturated carbocycles. The normalized spacial score (nSPS) is 10.7. The molecule has 0 spiro atoms. The molecule has 2 aromatic heterocycles. The van der Waals surface area contributed by atoms with Gasteiger partial charge in [0.2, 0.25) is 11.9 Å². The van der Waals surface area contributed by atoms with Gasteiger partial charge in [-0.1, -0.05) is 25.1 Å². The number of carbonyl (C=O) groups is 2. The van der Waals surface area contributed by atoms with Crippen LogP contribution in [0.2, 0.25) is 0 Å². The van der Waals surface area contributed by atoms with Crippen molar-refractivity contribution in [2.75, 3.05) is 11.9 Å². The van der Waals surface area contributed by atoms with Crippen LogP contribution in [0, 0.1) is 18.7 Å². The zero-order valence-corrected chi connectivity index (χ0v) is 17.7. The number of benzene rings is 1. The standard InChI is InChI=1S/C24H23F2N3O2/c1-4-22(31)29(3)20-11-9-18(15(2)23(20)25)17-7-10-19(28-14-17)21(30)12-8-16-6-5-13-27-24(16)26/h5-7,9-11,13-14H,4,8,12H2,1-3H3. The maximum Gasteiger partial charge on any atom is 0.226 e. The topological polar surface area (TPSA) is 63.2 Å². The molecule has 0 unspecified atom stereocenters. The van der Waals surface area contributed by atoms with Gasteiger partial charge >= 0.3 is 0 Å². The number of rotatable bonds is 7. The summed E-state index contributed by atoms with van der Waals surface area (Å²) in [7, 11) is 1.54. The monoisotopic (exact) mass is 423 g/mol. The Kier molecular flexibility index (Phi) is 6.84. The predicted octanol–water partition coefficient (Wildman–Crippen LogP) is 4.92. The van der Waals surface area contributed by atoms with E-state index in [1.54, 1.807) is 57.3 Å². The number of hydrogen-bond donors (Lipinski definition) is 0. The number of nitrogens with zero attached hydrogens (tertiary/aromatic N) is 3. The molecule has 0 N–H and O–H groups in total. The number of Topliss-reactive ketones (excluding diaryl/α,β-unsaturated/α-hetero) is 1. The Balaban J connectivity index is 1.76. The molecule has 0 aliphatic carbocycles. The Hall–Kier alpha value is -3.48. The summed E-state index contributed by atoms with van der Waals surface area (Å²) < 4.78 is 28.5. The van der Waals surface area contributed by atoms with Crippen LogP contribution in [0.15, 0.2) is 48.8 Å². The second kappa shape index (κ2) is 9.55. The average molecular weight is 423 g/mol. The number of carbonyl (C=O) groups excluding carboxylic acids is 2. The fraction of sp³-hybridized carbons (Fsp3) is 0.250. The maximum atomic E-state index is 14.9. The van der Waals surface area contributed by atoms with Crippen molar-refractivity contribution in [3.05, 3.63) is 77.4 Å².